The van der Waals surface area contributed by atoms with Gasteiger partial charge in [-0.15, -0.1) is 0 Å². The Labute approximate surface area is 193 Å². The minimum Gasteiger partial charge on any atom is -0.384 e. The number of benzene rings is 2. The third-order valence-electron chi connectivity index (χ3n) is 6.63. The van der Waals surface area contributed by atoms with E-state index in [0.29, 0.717) is 29.8 Å². The molecule has 1 atom stereocenters. The Morgan fingerprint density at radius 1 is 1.24 bits per heavy atom. The first-order valence-corrected chi connectivity index (χ1v) is 10.6. The zero-order valence-electron chi connectivity index (χ0n) is 18.0. The van der Waals surface area contributed by atoms with Crippen LogP contribution in [0.15, 0.2) is 59.1 Å². The third kappa shape index (κ3) is 2.64. The highest BCUT2D eigenvalue weighted by molar-refractivity contribution is 6.19. The highest BCUT2D eigenvalue weighted by atomic mass is 19.1. The molecule has 2 heterocycles. The summed E-state index contributed by atoms with van der Waals surface area (Å²) in [6.45, 7) is 1.72. The van der Waals surface area contributed by atoms with Crippen LogP contribution >= 0.6 is 0 Å². The number of carbonyl (C=O) groups is 2. The van der Waals surface area contributed by atoms with Crippen molar-refractivity contribution in [3.63, 3.8) is 0 Å². The van der Waals surface area contributed by atoms with Crippen molar-refractivity contribution in [3.8, 4) is 6.07 Å². The Hall–Kier alpha value is -4.52. The molecule has 170 valence electrons. The molecule has 0 bridgehead atoms. The van der Waals surface area contributed by atoms with Gasteiger partial charge in [-0.25, -0.2) is 4.39 Å². The second-order valence-electron chi connectivity index (χ2n) is 8.43. The quantitative estimate of drug-likeness (QED) is 0.517. The molecule has 9 nitrogen and oxygen atoms in total. The number of amides is 1. The molecule has 34 heavy (non-hydrogen) atoms. The maximum absolute atomic E-state index is 14.3. The van der Waals surface area contributed by atoms with Gasteiger partial charge in [-0.3, -0.25) is 24.6 Å². The van der Waals surface area contributed by atoms with Gasteiger partial charge in [0.1, 0.15) is 23.1 Å². The summed E-state index contributed by atoms with van der Waals surface area (Å²) in [5, 5.41) is 24.3. The van der Waals surface area contributed by atoms with Crippen molar-refractivity contribution in [2.45, 2.75) is 31.6 Å². The van der Waals surface area contributed by atoms with Crippen molar-refractivity contribution >= 4 is 28.8 Å². The number of rotatable bonds is 2. The van der Waals surface area contributed by atoms with E-state index in [2.05, 4.69) is 5.32 Å². The first-order chi connectivity index (χ1) is 16.2. The van der Waals surface area contributed by atoms with Crippen LogP contribution in [0.5, 0.6) is 0 Å². The molecule has 0 saturated carbocycles. The number of nitro groups is 1. The monoisotopic (exact) mass is 459 g/mol. The molecule has 1 aliphatic carbocycles. The second-order valence-corrected chi connectivity index (χ2v) is 8.43. The Morgan fingerprint density at radius 2 is 2.00 bits per heavy atom. The van der Waals surface area contributed by atoms with E-state index in [0.717, 1.165) is 6.07 Å². The van der Waals surface area contributed by atoms with Crippen LogP contribution in [0.3, 0.4) is 0 Å². The molecule has 3 N–H and O–H groups in total. The maximum atomic E-state index is 14.3. The van der Waals surface area contributed by atoms with Crippen LogP contribution in [0.25, 0.3) is 0 Å². The molecule has 0 aromatic heterocycles. The van der Waals surface area contributed by atoms with Gasteiger partial charge in [0.2, 0.25) is 5.91 Å². The molecule has 0 radical (unpaired) electrons. The van der Waals surface area contributed by atoms with Gasteiger partial charge in [-0.05, 0) is 43.5 Å². The standard InChI is InChI=1S/C24H18FN5O4/c1-12-5-7-14(30(33)34)10-19(12)29-18-3-2-4-20(31)21(18)24(16(11-26)22(29)27)15-9-13(25)6-8-17(15)28-23(24)32/h5-10H,2-4,27H2,1H3,(H,28,32). The number of non-ortho nitro benzene ring substituents is 1. The number of fused-ring (bicyclic) bond motifs is 3. The van der Waals surface area contributed by atoms with Crippen LogP contribution in [-0.4, -0.2) is 16.6 Å². The largest absolute Gasteiger partial charge is 0.384 e. The summed E-state index contributed by atoms with van der Waals surface area (Å²) in [6.07, 6.45) is 0.937. The minimum absolute atomic E-state index is 0.0530. The smallest absolute Gasteiger partial charge is 0.271 e. The number of Topliss-reactive ketones (excluding diaryl/α,β-unsaturated/α-hetero) is 1. The van der Waals surface area contributed by atoms with Crippen LogP contribution < -0.4 is 16.0 Å². The number of nitrogens with two attached hydrogens (primary N) is 1. The maximum Gasteiger partial charge on any atom is 0.271 e. The van der Waals surface area contributed by atoms with Gasteiger partial charge in [-0.2, -0.15) is 5.26 Å². The van der Waals surface area contributed by atoms with E-state index in [1.54, 1.807) is 13.0 Å². The number of ketones is 1. The lowest BCUT2D eigenvalue weighted by Crippen LogP contribution is -2.50. The number of anilines is 2. The summed E-state index contributed by atoms with van der Waals surface area (Å²) in [5.74, 6) is -1.78. The topological polar surface area (TPSA) is 142 Å². The molecule has 1 amide bonds. The summed E-state index contributed by atoms with van der Waals surface area (Å²) >= 11 is 0. The fourth-order valence-corrected chi connectivity index (χ4v) is 5.19. The van der Waals surface area contributed by atoms with E-state index >= 15 is 0 Å². The summed E-state index contributed by atoms with van der Waals surface area (Å²) in [5.41, 5.74) is 6.02. The predicted molar refractivity (Wildman–Crippen MR) is 120 cm³/mol. The number of hydrogen-bond acceptors (Lipinski definition) is 7. The first-order valence-electron chi connectivity index (χ1n) is 10.6. The molecular weight excluding hydrogens is 441 g/mol. The molecule has 2 aromatic carbocycles. The van der Waals surface area contributed by atoms with E-state index in [-0.39, 0.29) is 46.1 Å². The van der Waals surface area contributed by atoms with E-state index in [9.17, 15) is 29.4 Å². The number of aryl methyl sites for hydroxylation is 1. The fraction of sp³-hybridized carbons (Fsp3) is 0.208. The molecule has 2 aromatic rings. The fourth-order valence-electron chi connectivity index (χ4n) is 5.19. The molecule has 1 spiro atoms. The number of halogens is 1. The van der Waals surface area contributed by atoms with E-state index in [1.807, 2.05) is 6.07 Å². The van der Waals surface area contributed by atoms with Crippen LogP contribution in [0.2, 0.25) is 0 Å². The highest BCUT2D eigenvalue weighted by Crippen LogP contribution is 2.55. The zero-order valence-corrected chi connectivity index (χ0v) is 18.0. The predicted octanol–water partition coefficient (Wildman–Crippen LogP) is 3.45. The van der Waals surface area contributed by atoms with Gasteiger partial charge < -0.3 is 11.1 Å². The van der Waals surface area contributed by atoms with Gasteiger partial charge in [-0.1, -0.05) is 6.07 Å². The average Bonchev–Trinajstić information content (AvgIpc) is 3.06. The molecule has 0 saturated heterocycles. The summed E-state index contributed by atoms with van der Waals surface area (Å²) in [7, 11) is 0. The summed E-state index contributed by atoms with van der Waals surface area (Å²) < 4.78 is 14.3. The SMILES string of the molecule is Cc1ccc([N+](=O)[O-])cc1N1C(N)=C(C#N)C2(C(=O)Nc3ccc(F)cc32)C2=C1CCCC2=O. The molecule has 0 fully saturated rings. The highest BCUT2D eigenvalue weighted by Gasteiger charge is 2.60. The molecule has 1 unspecified atom stereocenters. The first kappa shape index (κ1) is 21.3. The molecule has 10 heteroatoms. The van der Waals surface area contributed by atoms with Gasteiger partial charge >= 0.3 is 0 Å². The van der Waals surface area contributed by atoms with Crippen molar-refractivity contribution in [3.05, 3.63) is 86.1 Å². The number of nitrogens with zero attached hydrogens (tertiary/aromatic N) is 3. The lowest BCUT2D eigenvalue weighted by Gasteiger charge is -2.43. The van der Waals surface area contributed by atoms with Crippen molar-refractivity contribution in [1.82, 2.24) is 0 Å². The van der Waals surface area contributed by atoms with Crippen molar-refractivity contribution in [2.75, 3.05) is 10.2 Å². The lowest BCUT2D eigenvalue weighted by molar-refractivity contribution is -0.384. The molecular formula is C24H18FN5O4. The van der Waals surface area contributed by atoms with Gasteiger partial charge in [0.25, 0.3) is 5.69 Å². The van der Waals surface area contributed by atoms with Gasteiger partial charge in [0.15, 0.2) is 5.78 Å². The number of nitro benzene ring substituents is 1. The third-order valence-corrected chi connectivity index (χ3v) is 6.63. The van der Waals surface area contributed by atoms with Gasteiger partial charge in [0.05, 0.1) is 16.2 Å². The molecule has 2 aliphatic heterocycles. The van der Waals surface area contributed by atoms with Gasteiger partial charge in [0, 0.05) is 41.1 Å². The summed E-state index contributed by atoms with van der Waals surface area (Å²) in [4.78, 5) is 39.3. The average molecular weight is 459 g/mol. The second kappa shape index (κ2) is 7.25. The minimum atomic E-state index is -1.89. The van der Waals surface area contributed by atoms with E-state index in [4.69, 9.17) is 5.73 Å². The van der Waals surface area contributed by atoms with Crippen LogP contribution in [0, 0.1) is 34.2 Å². The molecule has 5 rings (SSSR count). The molecule has 3 aliphatic rings. The Bertz CT molecular complexity index is 1440. The number of hydrogen-bond donors (Lipinski definition) is 2. The zero-order chi connectivity index (χ0) is 24.4. The number of nitriles is 1. The van der Waals surface area contributed by atoms with E-state index < -0.39 is 22.1 Å². The van der Waals surface area contributed by atoms with Crippen molar-refractivity contribution in [1.29, 1.82) is 5.26 Å². The number of allylic oxidation sites excluding steroid dienone is 1. The van der Waals surface area contributed by atoms with Crippen molar-refractivity contribution in [2.24, 2.45) is 5.73 Å². The van der Waals surface area contributed by atoms with E-state index in [1.165, 1.54) is 29.2 Å². The van der Waals surface area contributed by atoms with Crippen molar-refractivity contribution < 1.29 is 18.9 Å². The van der Waals surface area contributed by atoms with Crippen LogP contribution in [-0.2, 0) is 15.0 Å². The lowest BCUT2D eigenvalue weighted by atomic mass is 9.63. The number of nitrogens with one attached hydrogen (secondary N) is 1. The Morgan fingerprint density at radius 3 is 2.71 bits per heavy atom. The van der Waals surface area contributed by atoms with Crippen LogP contribution in [0.4, 0.5) is 21.5 Å². The van der Waals surface area contributed by atoms with Crippen LogP contribution in [0.1, 0.15) is 30.4 Å². The number of carbonyl (C=O) groups excluding carboxylic acids is 2. The Balaban J connectivity index is 1.89. The summed E-state index contributed by atoms with van der Waals surface area (Å²) in [6, 6.07) is 9.91. The Kier molecular flexibility index (Phi) is 4.55. The normalized spacial score (nSPS) is 21.4.